The van der Waals surface area contributed by atoms with Gasteiger partial charge in [-0.15, -0.1) is 0 Å². The van der Waals surface area contributed by atoms with Gasteiger partial charge in [-0.05, 0) is 43.7 Å². The van der Waals surface area contributed by atoms with E-state index in [0.717, 1.165) is 11.1 Å². The topological polar surface area (TPSA) is 64.6 Å². The van der Waals surface area contributed by atoms with Crippen LogP contribution in [0.2, 0.25) is 5.02 Å². The lowest BCUT2D eigenvalue weighted by Gasteiger charge is -2.15. The average molecular weight is 362 g/mol. The Balaban J connectivity index is 1.92. The van der Waals surface area contributed by atoms with Crippen LogP contribution >= 0.6 is 11.6 Å². The van der Waals surface area contributed by atoms with E-state index in [2.05, 4.69) is 5.32 Å². The van der Waals surface area contributed by atoms with E-state index in [4.69, 9.17) is 21.1 Å². The van der Waals surface area contributed by atoms with E-state index < -0.39 is 5.97 Å². The molecule has 6 heteroatoms. The van der Waals surface area contributed by atoms with Crippen LogP contribution < -0.4 is 10.1 Å². The summed E-state index contributed by atoms with van der Waals surface area (Å²) < 4.78 is 10.2. The fourth-order valence-corrected chi connectivity index (χ4v) is 2.43. The molecule has 0 radical (unpaired) electrons. The van der Waals surface area contributed by atoms with Crippen molar-refractivity contribution in [1.29, 1.82) is 0 Å². The molecule has 2 aromatic rings. The summed E-state index contributed by atoms with van der Waals surface area (Å²) in [5, 5.41) is 3.40. The number of amides is 1. The summed E-state index contributed by atoms with van der Waals surface area (Å²) in [4.78, 5) is 24.2. The molecule has 25 heavy (non-hydrogen) atoms. The van der Waals surface area contributed by atoms with Gasteiger partial charge in [-0.3, -0.25) is 4.79 Å². The normalized spacial score (nSPS) is 11.5. The Morgan fingerprint density at radius 3 is 2.48 bits per heavy atom. The predicted octanol–water partition coefficient (Wildman–Crippen LogP) is 3.69. The zero-order valence-electron chi connectivity index (χ0n) is 14.3. The number of hydrogen-bond donors (Lipinski definition) is 1. The smallest absolute Gasteiger partial charge is 0.342 e. The quantitative estimate of drug-likeness (QED) is 0.797. The van der Waals surface area contributed by atoms with Gasteiger partial charge in [0.25, 0.3) is 5.91 Å². The number of benzene rings is 2. The van der Waals surface area contributed by atoms with Gasteiger partial charge in [0.2, 0.25) is 0 Å². The summed E-state index contributed by atoms with van der Waals surface area (Å²) in [5.74, 6) is -0.581. The van der Waals surface area contributed by atoms with Crippen LogP contribution in [0.3, 0.4) is 0 Å². The molecular weight excluding hydrogens is 342 g/mol. The van der Waals surface area contributed by atoms with Gasteiger partial charge in [0, 0.05) is 5.02 Å². The van der Waals surface area contributed by atoms with Gasteiger partial charge in [-0.25, -0.2) is 4.79 Å². The lowest BCUT2D eigenvalue weighted by atomic mass is 10.1. The number of esters is 1. The summed E-state index contributed by atoms with van der Waals surface area (Å²) >= 11 is 5.85. The fourth-order valence-electron chi connectivity index (χ4n) is 2.31. The lowest BCUT2D eigenvalue weighted by Crippen LogP contribution is -2.31. The van der Waals surface area contributed by atoms with Crippen molar-refractivity contribution in [1.82, 2.24) is 5.32 Å². The molecule has 0 heterocycles. The Morgan fingerprint density at radius 1 is 1.16 bits per heavy atom. The minimum atomic E-state index is -0.602. The first-order valence-electron chi connectivity index (χ1n) is 7.77. The fraction of sp³-hybridized carbons (Fsp3) is 0.263. The third-order valence-electron chi connectivity index (χ3n) is 3.66. The summed E-state index contributed by atoms with van der Waals surface area (Å²) in [6.45, 7) is 3.33. The summed E-state index contributed by atoms with van der Waals surface area (Å²) in [6.07, 6.45) is 0. The van der Waals surface area contributed by atoms with Crippen molar-refractivity contribution in [3.05, 3.63) is 64.2 Å². The van der Waals surface area contributed by atoms with Crippen LogP contribution in [0.15, 0.2) is 42.5 Å². The number of carbonyl (C=O) groups is 2. The molecule has 0 aliphatic heterocycles. The molecule has 0 saturated heterocycles. The zero-order valence-corrected chi connectivity index (χ0v) is 15.1. The first-order chi connectivity index (χ1) is 11.9. The summed E-state index contributed by atoms with van der Waals surface area (Å²) in [7, 11) is 1.47. The van der Waals surface area contributed by atoms with Gasteiger partial charge >= 0.3 is 5.97 Å². The zero-order chi connectivity index (χ0) is 18.4. The van der Waals surface area contributed by atoms with Gasteiger partial charge in [-0.1, -0.05) is 35.4 Å². The maximum atomic E-state index is 12.2. The Bertz CT molecular complexity index is 759. The van der Waals surface area contributed by atoms with Crippen LogP contribution in [0.4, 0.5) is 0 Å². The number of rotatable bonds is 6. The second-order valence-corrected chi connectivity index (χ2v) is 6.06. The molecule has 0 aliphatic carbocycles. The van der Waals surface area contributed by atoms with E-state index in [0.29, 0.717) is 16.3 Å². The van der Waals surface area contributed by atoms with Crippen molar-refractivity contribution in [2.45, 2.75) is 19.9 Å². The summed E-state index contributed by atoms with van der Waals surface area (Å²) in [6, 6.07) is 12.1. The third kappa shape index (κ3) is 5.22. The second kappa shape index (κ2) is 8.53. The second-order valence-electron chi connectivity index (χ2n) is 5.62. The van der Waals surface area contributed by atoms with Crippen molar-refractivity contribution in [3.8, 4) is 5.75 Å². The minimum Gasteiger partial charge on any atom is -0.496 e. The molecule has 5 nitrogen and oxygen atoms in total. The third-order valence-corrected chi connectivity index (χ3v) is 3.91. The van der Waals surface area contributed by atoms with E-state index in [1.54, 1.807) is 24.3 Å². The molecular formula is C19H20ClNO4. The highest BCUT2D eigenvalue weighted by molar-refractivity contribution is 6.30. The number of hydrogen-bond acceptors (Lipinski definition) is 4. The van der Waals surface area contributed by atoms with Crippen LogP contribution in [0.5, 0.6) is 5.75 Å². The first-order valence-corrected chi connectivity index (χ1v) is 8.15. The molecule has 2 aromatic carbocycles. The Kier molecular flexibility index (Phi) is 6.42. The van der Waals surface area contributed by atoms with Crippen molar-refractivity contribution in [2.75, 3.05) is 13.7 Å². The first kappa shape index (κ1) is 18.8. The van der Waals surface area contributed by atoms with Gasteiger partial charge < -0.3 is 14.8 Å². The van der Waals surface area contributed by atoms with Gasteiger partial charge in [-0.2, -0.15) is 0 Å². The molecule has 1 atom stereocenters. The molecule has 0 fully saturated rings. The molecule has 2 rings (SSSR count). The van der Waals surface area contributed by atoms with E-state index in [9.17, 15) is 9.59 Å². The van der Waals surface area contributed by atoms with Crippen LogP contribution in [-0.2, 0) is 9.53 Å². The van der Waals surface area contributed by atoms with Gasteiger partial charge in [0.15, 0.2) is 6.61 Å². The standard InChI is InChI=1S/C19H20ClNO4/c1-12-4-9-17(24-3)16(10-12)19(23)25-11-18(22)21-13(2)14-5-7-15(20)8-6-14/h4-10,13H,11H2,1-3H3,(H,21,22)/t13-/m0/s1. The summed E-state index contributed by atoms with van der Waals surface area (Å²) in [5.41, 5.74) is 2.10. The van der Waals surface area contributed by atoms with Crippen LogP contribution in [-0.4, -0.2) is 25.6 Å². The molecule has 0 saturated carbocycles. The van der Waals surface area contributed by atoms with E-state index in [1.807, 2.05) is 32.0 Å². The number of methoxy groups -OCH3 is 1. The van der Waals surface area contributed by atoms with Crippen LogP contribution in [0.25, 0.3) is 0 Å². The SMILES string of the molecule is COc1ccc(C)cc1C(=O)OCC(=O)N[C@@H](C)c1ccc(Cl)cc1. The monoisotopic (exact) mass is 361 g/mol. The van der Waals surface area contributed by atoms with Crippen molar-refractivity contribution >= 4 is 23.5 Å². The lowest BCUT2D eigenvalue weighted by molar-refractivity contribution is -0.124. The highest BCUT2D eigenvalue weighted by Crippen LogP contribution is 2.20. The van der Waals surface area contributed by atoms with E-state index >= 15 is 0 Å². The van der Waals surface area contributed by atoms with E-state index in [-0.39, 0.29) is 18.6 Å². The van der Waals surface area contributed by atoms with Crippen LogP contribution in [0, 0.1) is 6.92 Å². The Morgan fingerprint density at radius 2 is 1.84 bits per heavy atom. The highest BCUT2D eigenvalue weighted by atomic mass is 35.5. The number of carbonyl (C=O) groups excluding carboxylic acids is 2. The molecule has 0 aliphatic rings. The maximum Gasteiger partial charge on any atom is 0.342 e. The molecule has 0 bridgehead atoms. The Hall–Kier alpha value is -2.53. The van der Waals surface area contributed by atoms with Crippen molar-refractivity contribution in [2.24, 2.45) is 0 Å². The predicted molar refractivity (Wildman–Crippen MR) is 96.0 cm³/mol. The van der Waals surface area contributed by atoms with E-state index in [1.165, 1.54) is 7.11 Å². The highest BCUT2D eigenvalue weighted by Gasteiger charge is 2.16. The van der Waals surface area contributed by atoms with Crippen molar-refractivity contribution in [3.63, 3.8) is 0 Å². The van der Waals surface area contributed by atoms with Crippen LogP contribution in [0.1, 0.15) is 34.5 Å². The molecule has 0 spiro atoms. The number of nitrogens with one attached hydrogen (secondary N) is 1. The number of aryl methyl sites for hydroxylation is 1. The Labute approximate surface area is 151 Å². The molecule has 1 amide bonds. The molecule has 0 aromatic heterocycles. The van der Waals surface area contributed by atoms with Gasteiger partial charge in [0.05, 0.1) is 13.2 Å². The molecule has 1 N–H and O–H groups in total. The maximum absolute atomic E-state index is 12.2. The molecule has 0 unspecified atom stereocenters. The van der Waals surface area contributed by atoms with Gasteiger partial charge in [0.1, 0.15) is 11.3 Å². The molecule has 132 valence electrons. The number of ether oxygens (including phenoxy) is 2. The van der Waals surface area contributed by atoms with Crippen molar-refractivity contribution < 1.29 is 19.1 Å². The minimum absolute atomic E-state index is 0.225. The average Bonchev–Trinajstić information content (AvgIpc) is 2.60. The largest absolute Gasteiger partial charge is 0.496 e. The number of halogens is 1.